The highest BCUT2D eigenvalue weighted by Gasteiger charge is 2.44. The van der Waals surface area contributed by atoms with E-state index in [0.717, 1.165) is 11.1 Å². The number of ether oxygens (including phenoxy) is 3. The Labute approximate surface area is 218 Å². The number of carbonyl (C=O) groups is 1. The van der Waals surface area contributed by atoms with Gasteiger partial charge in [0.2, 0.25) is 5.88 Å². The molecule has 0 N–H and O–H groups in total. The van der Waals surface area contributed by atoms with Gasteiger partial charge in [0.15, 0.2) is 28.8 Å². The predicted molar refractivity (Wildman–Crippen MR) is 138 cm³/mol. The van der Waals surface area contributed by atoms with Crippen molar-refractivity contribution < 1.29 is 19.0 Å². The highest BCUT2D eigenvalue weighted by Crippen LogP contribution is 2.51. The number of benzene rings is 2. The number of rotatable bonds is 4. The van der Waals surface area contributed by atoms with E-state index >= 15 is 0 Å². The van der Waals surface area contributed by atoms with E-state index in [4.69, 9.17) is 30.8 Å². The van der Waals surface area contributed by atoms with Crippen molar-refractivity contribution in [2.45, 2.75) is 32.6 Å². The van der Waals surface area contributed by atoms with Crippen molar-refractivity contribution in [1.82, 2.24) is 19.6 Å². The van der Waals surface area contributed by atoms with E-state index in [1.54, 1.807) is 37.2 Å². The fourth-order valence-electron chi connectivity index (χ4n) is 5.23. The van der Waals surface area contributed by atoms with Crippen molar-refractivity contribution in [2.24, 2.45) is 5.41 Å². The molecule has 2 aromatic heterocycles. The summed E-state index contributed by atoms with van der Waals surface area (Å²) in [5.74, 6) is 2.37. The molecule has 0 unspecified atom stereocenters. The lowest BCUT2D eigenvalue weighted by atomic mass is 9.70. The van der Waals surface area contributed by atoms with Gasteiger partial charge in [-0.05, 0) is 47.4 Å². The molecule has 0 amide bonds. The van der Waals surface area contributed by atoms with E-state index in [0.29, 0.717) is 63.6 Å². The van der Waals surface area contributed by atoms with Gasteiger partial charge in [-0.25, -0.2) is 14.5 Å². The summed E-state index contributed by atoms with van der Waals surface area (Å²) in [5, 5.41) is 5.29. The summed E-state index contributed by atoms with van der Waals surface area (Å²) in [7, 11) is 3.19. The minimum Gasteiger partial charge on any atom is -0.493 e. The van der Waals surface area contributed by atoms with Crippen molar-refractivity contribution in [3.63, 3.8) is 0 Å². The first-order valence-corrected chi connectivity index (χ1v) is 12.3. The second kappa shape index (κ2) is 8.59. The van der Waals surface area contributed by atoms with Crippen molar-refractivity contribution in [1.29, 1.82) is 0 Å². The van der Waals surface area contributed by atoms with E-state index in [2.05, 4.69) is 23.9 Å². The van der Waals surface area contributed by atoms with Crippen LogP contribution in [0.1, 0.15) is 43.7 Å². The molecular weight excluding hydrogens is 492 g/mol. The number of fused-ring (bicyclic) bond motifs is 3. The summed E-state index contributed by atoms with van der Waals surface area (Å²) >= 11 is 6.08. The molecule has 1 atom stereocenters. The highest BCUT2D eigenvalue weighted by molar-refractivity contribution is 6.30. The molecular formula is C28H25ClN4O4. The van der Waals surface area contributed by atoms with E-state index in [-0.39, 0.29) is 11.2 Å². The van der Waals surface area contributed by atoms with Gasteiger partial charge in [0.05, 0.1) is 25.7 Å². The third-order valence-electron chi connectivity index (χ3n) is 6.91. The van der Waals surface area contributed by atoms with Crippen LogP contribution >= 0.6 is 11.6 Å². The van der Waals surface area contributed by atoms with Crippen molar-refractivity contribution in [2.75, 3.05) is 14.2 Å². The van der Waals surface area contributed by atoms with Gasteiger partial charge in [-0.15, -0.1) is 5.10 Å². The van der Waals surface area contributed by atoms with Gasteiger partial charge in [0.1, 0.15) is 12.1 Å². The van der Waals surface area contributed by atoms with Crippen LogP contribution in [0.2, 0.25) is 5.02 Å². The van der Waals surface area contributed by atoms with Crippen LogP contribution < -0.4 is 14.2 Å². The number of ketones is 1. The van der Waals surface area contributed by atoms with Gasteiger partial charge in [0, 0.05) is 29.0 Å². The Morgan fingerprint density at radius 3 is 2.54 bits per heavy atom. The molecule has 0 spiro atoms. The number of hydrogen-bond donors (Lipinski definition) is 0. The first-order chi connectivity index (χ1) is 17.8. The molecule has 188 valence electrons. The van der Waals surface area contributed by atoms with Crippen LogP contribution in [0, 0.1) is 5.41 Å². The number of allylic oxidation sites excluding steroid dienone is 2. The normalized spacial score (nSPS) is 18.3. The molecule has 8 nitrogen and oxygen atoms in total. The van der Waals surface area contributed by atoms with Crippen LogP contribution in [0.15, 0.2) is 60.1 Å². The number of carbonyl (C=O) groups excluding carboxylic acids is 1. The lowest BCUT2D eigenvalue weighted by Crippen LogP contribution is -2.33. The Hall–Kier alpha value is -3.91. The van der Waals surface area contributed by atoms with Gasteiger partial charge in [-0.3, -0.25) is 4.79 Å². The Bertz CT molecular complexity index is 1590. The lowest BCUT2D eigenvalue weighted by Gasteiger charge is -2.37. The largest absolute Gasteiger partial charge is 0.493 e. The highest BCUT2D eigenvalue weighted by atomic mass is 35.5. The molecule has 2 aromatic carbocycles. The van der Waals surface area contributed by atoms with Crippen molar-refractivity contribution in [3.05, 3.63) is 76.3 Å². The van der Waals surface area contributed by atoms with Crippen molar-refractivity contribution >= 4 is 23.0 Å². The molecule has 2 aliphatic rings. The first kappa shape index (κ1) is 23.5. The van der Waals surface area contributed by atoms with Gasteiger partial charge >= 0.3 is 0 Å². The van der Waals surface area contributed by atoms with Crippen molar-refractivity contribution in [3.8, 4) is 28.8 Å². The number of hydrogen-bond acceptors (Lipinski definition) is 7. The van der Waals surface area contributed by atoms with Crippen LogP contribution in [0.4, 0.5) is 0 Å². The third-order valence-corrected chi connectivity index (χ3v) is 7.16. The topological polar surface area (TPSA) is 87.8 Å². The fraction of sp³-hybridized carbons (Fsp3) is 0.286. The van der Waals surface area contributed by atoms with E-state index in [9.17, 15) is 4.79 Å². The molecule has 37 heavy (non-hydrogen) atoms. The zero-order chi connectivity index (χ0) is 25.9. The van der Waals surface area contributed by atoms with Gasteiger partial charge in [-0.2, -0.15) is 0 Å². The molecule has 9 heteroatoms. The second-order valence-electron chi connectivity index (χ2n) is 10.1. The smallest absolute Gasteiger partial charge is 0.228 e. The van der Waals surface area contributed by atoms with Crippen LogP contribution in [-0.4, -0.2) is 39.6 Å². The summed E-state index contributed by atoms with van der Waals surface area (Å²) in [6.45, 7) is 4.15. The van der Waals surface area contributed by atoms with Crippen LogP contribution in [0.3, 0.4) is 0 Å². The third kappa shape index (κ3) is 3.92. The number of nitrogens with zero attached hydrogens (tertiary/aromatic N) is 4. The Balaban J connectivity index is 1.60. The average molecular weight is 517 g/mol. The van der Waals surface area contributed by atoms with E-state index in [1.165, 1.54) is 0 Å². The Morgan fingerprint density at radius 1 is 1.05 bits per heavy atom. The minimum atomic E-state index is -0.458. The maximum Gasteiger partial charge on any atom is 0.228 e. The molecule has 6 rings (SSSR count). The number of halogens is 1. The molecule has 4 aromatic rings. The fourth-order valence-corrected chi connectivity index (χ4v) is 5.36. The number of aromatic nitrogens is 4. The van der Waals surface area contributed by atoms with Gasteiger partial charge < -0.3 is 14.2 Å². The van der Waals surface area contributed by atoms with Crippen LogP contribution in [-0.2, 0) is 4.79 Å². The minimum absolute atomic E-state index is 0.0520. The van der Waals surface area contributed by atoms with Crippen LogP contribution in [0.25, 0.3) is 17.0 Å². The maximum atomic E-state index is 13.6. The zero-order valence-electron chi connectivity index (χ0n) is 20.9. The van der Waals surface area contributed by atoms with E-state index in [1.807, 2.05) is 30.3 Å². The molecule has 0 saturated heterocycles. The monoisotopic (exact) mass is 516 g/mol. The summed E-state index contributed by atoms with van der Waals surface area (Å²) in [4.78, 5) is 23.1. The molecule has 0 bridgehead atoms. The molecule has 3 heterocycles. The molecule has 1 aliphatic heterocycles. The number of Topliss-reactive ketones (excluding diaryl/α,β-unsaturated/α-hetero) is 1. The van der Waals surface area contributed by atoms with Crippen LogP contribution in [0.5, 0.6) is 17.4 Å². The SMILES string of the molecule is COc1ccc([C@@H]2C3=C(CC(C)(C)CC3=O)Oc3ncn4nc(-c5ccc(Cl)cc5)nc4c32)cc1OC. The Kier molecular flexibility index (Phi) is 5.45. The quantitative estimate of drug-likeness (QED) is 0.347. The summed E-state index contributed by atoms with van der Waals surface area (Å²) in [6.07, 6.45) is 2.65. The summed E-state index contributed by atoms with van der Waals surface area (Å²) in [5.41, 5.74) is 3.35. The van der Waals surface area contributed by atoms with E-state index < -0.39 is 5.92 Å². The lowest BCUT2D eigenvalue weighted by molar-refractivity contribution is -0.118. The second-order valence-corrected chi connectivity index (χ2v) is 10.5. The predicted octanol–water partition coefficient (Wildman–Crippen LogP) is 5.63. The number of methoxy groups -OCH3 is 2. The summed E-state index contributed by atoms with van der Waals surface area (Å²) in [6, 6.07) is 13.0. The molecule has 0 fully saturated rings. The maximum absolute atomic E-state index is 13.6. The molecule has 0 radical (unpaired) electrons. The zero-order valence-corrected chi connectivity index (χ0v) is 21.7. The Morgan fingerprint density at radius 2 is 1.81 bits per heavy atom. The van der Waals surface area contributed by atoms with Gasteiger partial charge in [0.25, 0.3) is 0 Å². The van der Waals surface area contributed by atoms with Gasteiger partial charge in [-0.1, -0.05) is 31.5 Å². The summed E-state index contributed by atoms with van der Waals surface area (Å²) < 4.78 is 19.0. The molecule has 0 saturated carbocycles. The molecule has 1 aliphatic carbocycles. The first-order valence-electron chi connectivity index (χ1n) is 12.0. The average Bonchev–Trinajstić information content (AvgIpc) is 3.31. The standard InChI is InChI=1S/C28H25ClN4O4/c1-28(2)12-18(34)23-21(13-28)37-27-24(22(23)16-7-10-19(35-3)20(11-16)36-4)26-31-25(32-33(26)14-30-27)15-5-8-17(29)9-6-15/h5-11,14,22H,12-13H2,1-4H3/t22-/m1/s1.